The summed E-state index contributed by atoms with van der Waals surface area (Å²) in [6.07, 6.45) is 3.00. The standard InChI is InChI=1S/C12H15N3O2S/c1-18(16,17)15-11-6-4-10(5-7-11)14-9-12-3-2-8-13-12/h2-8,13-15H,9H2,1H3. The summed E-state index contributed by atoms with van der Waals surface area (Å²) in [5.74, 6) is 0. The monoisotopic (exact) mass is 265 g/mol. The molecule has 0 spiro atoms. The molecule has 5 nitrogen and oxygen atoms in total. The van der Waals surface area contributed by atoms with Crippen LogP contribution in [-0.2, 0) is 16.6 Å². The second-order valence-electron chi connectivity index (χ2n) is 4.00. The van der Waals surface area contributed by atoms with Crippen LogP contribution in [0, 0.1) is 0 Å². The predicted molar refractivity (Wildman–Crippen MR) is 73.0 cm³/mol. The second kappa shape index (κ2) is 5.14. The van der Waals surface area contributed by atoms with Crippen LogP contribution in [0.5, 0.6) is 0 Å². The smallest absolute Gasteiger partial charge is 0.229 e. The third-order valence-corrected chi connectivity index (χ3v) is 2.94. The van der Waals surface area contributed by atoms with Crippen molar-refractivity contribution in [1.29, 1.82) is 0 Å². The average Bonchev–Trinajstić information content (AvgIpc) is 2.79. The van der Waals surface area contributed by atoms with Gasteiger partial charge in [0.15, 0.2) is 0 Å². The van der Waals surface area contributed by atoms with Gasteiger partial charge in [-0.3, -0.25) is 4.72 Å². The normalized spacial score (nSPS) is 11.2. The Hall–Kier alpha value is -1.95. The van der Waals surface area contributed by atoms with Gasteiger partial charge in [0.05, 0.1) is 12.8 Å². The van der Waals surface area contributed by atoms with E-state index in [-0.39, 0.29) is 0 Å². The van der Waals surface area contributed by atoms with Crippen molar-refractivity contribution in [1.82, 2.24) is 4.98 Å². The molecule has 0 saturated heterocycles. The third kappa shape index (κ3) is 3.81. The number of sulfonamides is 1. The molecule has 3 N–H and O–H groups in total. The Morgan fingerprint density at radius 1 is 1.11 bits per heavy atom. The van der Waals surface area contributed by atoms with Crippen LogP contribution in [-0.4, -0.2) is 19.7 Å². The van der Waals surface area contributed by atoms with Crippen LogP contribution in [0.3, 0.4) is 0 Å². The minimum Gasteiger partial charge on any atom is -0.379 e. The van der Waals surface area contributed by atoms with Crippen LogP contribution in [0.2, 0.25) is 0 Å². The Kier molecular flexibility index (Phi) is 3.57. The van der Waals surface area contributed by atoms with Gasteiger partial charge in [-0.25, -0.2) is 8.42 Å². The highest BCUT2D eigenvalue weighted by Crippen LogP contribution is 2.15. The Morgan fingerprint density at radius 3 is 2.33 bits per heavy atom. The first-order valence-electron chi connectivity index (χ1n) is 5.47. The molecule has 0 atom stereocenters. The number of aromatic amines is 1. The van der Waals surface area contributed by atoms with Crippen LogP contribution >= 0.6 is 0 Å². The molecular formula is C12H15N3O2S. The zero-order chi connectivity index (χ0) is 13.0. The highest BCUT2D eigenvalue weighted by atomic mass is 32.2. The maximum atomic E-state index is 11.0. The number of benzene rings is 1. The van der Waals surface area contributed by atoms with Crippen molar-refractivity contribution in [3.63, 3.8) is 0 Å². The number of hydrogen-bond acceptors (Lipinski definition) is 3. The van der Waals surface area contributed by atoms with Gasteiger partial charge in [0.25, 0.3) is 0 Å². The molecule has 1 aromatic carbocycles. The first-order valence-corrected chi connectivity index (χ1v) is 7.36. The zero-order valence-corrected chi connectivity index (χ0v) is 10.8. The third-order valence-electron chi connectivity index (χ3n) is 2.33. The molecule has 18 heavy (non-hydrogen) atoms. The van der Waals surface area contributed by atoms with Crippen LogP contribution in [0.1, 0.15) is 5.69 Å². The van der Waals surface area contributed by atoms with Gasteiger partial charge in [-0.05, 0) is 36.4 Å². The van der Waals surface area contributed by atoms with E-state index in [9.17, 15) is 8.42 Å². The zero-order valence-electron chi connectivity index (χ0n) is 9.97. The van der Waals surface area contributed by atoms with E-state index in [2.05, 4.69) is 15.0 Å². The molecule has 0 amide bonds. The summed E-state index contributed by atoms with van der Waals surface area (Å²) in [5.41, 5.74) is 2.58. The lowest BCUT2D eigenvalue weighted by molar-refractivity contribution is 0.607. The molecule has 0 unspecified atom stereocenters. The molecule has 0 saturated carbocycles. The van der Waals surface area contributed by atoms with Gasteiger partial charge in [-0.15, -0.1) is 0 Å². The molecular weight excluding hydrogens is 250 g/mol. The molecule has 0 radical (unpaired) electrons. The van der Waals surface area contributed by atoms with Crippen molar-refractivity contribution >= 4 is 21.4 Å². The van der Waals surface area contributed by atoms with Crippen molar-refractivity contribution in [3.8, 4) is 0 Å². The summed E-state index contributed by atoms with van der Waals surface area (Å²) in [5, 5.41) is 3.23. The fraction of sp³-hybridized carbons (Fsp3) is 0.167. The van der Waals surface area contributed by atoms with Gasteiger partial charge in [-0.2, -0.15) is 0 Å². The summed E-state index contributed by atoms with van der Waals surface area (Å²) < 4.78 is 24.5. The van der Waals surface area contributed by atoms with Gasteiger partial charge in [0.1, 0.15) is 0 Å². The number of H-pyrrole nitrogens is 1. The van der Waals surface area contributed by atoms with Gasteiger partial charge >= 0.3 is 0 Å². The fourth-order valence-electron chi connectivity index (χ4n) is 1.54. The van der Waals surface area contributed by atoms with Crippen molar-refractivity contribution in [2.75, 3.05) is 16.3 Å². The molecule has 1 aromatic heterocycles. The molecule has 0 aliphatic carbocycles. The lowest BCUT2D eigenvalue weighted by Gasteiger charge is -2.07. The largest absolute Gasteiger partial charge is 0.379 e. The highest BCUT2D eigenvalue weighted by Gasteiger charge is 2.01. The lowest BCUT2D eigenvalue weighted by atomic mass is 10.3. The van der Waals surface area contributed by atoms with E-state index < -0.39 is 10.0 Å². The minimum absolute atomic E-state index is 0.558. The molecule has 96 valence electrons. The molecule has 0 aliphatic rings. The summed E-state index contributed by atoms with van der Waals surface area (Å²) in [7, 11) is -3.21. The van der Waals surface area contributed by atoms with Crippen molar-refractivity contribution in [3.05, 3.63) is 48.3 Å². The molecule has 1 heterocycles. The second-order valence-corrected chi connectivity index (χ2v) is 5.75. The van der Waals surface area contributed by atoms with Gasteiger partial charge < -0.3 is 10.3 Å². The first kappa shape index (κ1) is 12.5. The van der Waals surface area contributed by atoms with Gasteiger partial charge in [-0.1, -0.05) is 0 Å². The minimum atomic E-state index is -3.21. The summed E-state index contributed by atoms with van der Waals surface area (Å²) in [6, 6.07) is 11.0. The molecule has 6 heteroatoms. The number of anilines is 2. The average molecular weight is 265 g/mol. The quantitative estimate of drug-likeness (QED) is 0.774. The Labute approximate surface area is 106 Å². The van der Waals surface area contributed by atoms with E-state index >= 15 is 0 Å². The lowest BCUT2D eigenvalue weighted by Crippen LogP contribution is -2.09. The van der Waals surface area contributed by atoms with E-state index in [1.807, 2.05) is 30.5 Å². The SMILES string of the molecule is CS(=O)(=O)Nc1ccc(NCc2ccc[nH]2)cc1. The number of aromatic nitrogens is 1. The molecule has 0 aliphatic heterocycles. The van der Waals surface area contributed by atoms with E-state index in [1.54, 1.807) is 12.1 Å². The van der Waals surface area contributed by atoms with Crippen LogP contribution < -0.4 is 10.0 Å². The predicted octanol–water partition coefficient (Wildman–Crippen LogP) is 2.00. The molecule has 2 aromatic rings. The molecule has 0 bridgehead atoms. The van der Waals surface area contributed by atoms with E-state index in [0.717, 1.165) is 17.6 Å². The van der Waals surface area contributed by atoms with Crippen molar-refractivity contribution in [2.45, 2.75) is 6.54 Å². The number of nitrogens with one attached hydrogen (secondary N) is 3. The van der Waals surface area contributed by atoms with E-state index in [1.165, 1.54) is 0 Å². The Morgan fingerprint density at radius 2 is 1.78 bits per heavy atom. The van der Waals surface area contributed by atoms with Crippen molar-refractivity contribution < 1.29 is 8.42 Å². The van der Waals surface area contributed by atoms with E-state index in [0.29, 0.717) is 12.2 Å². The fourth-order valence-corrected chi connectivity index (χ4v) is 2.11. The maximum Gasteiger partial charge on any atom is 0.229 e. The molecule has 2 rings (SSSR count). The van der Waals surface area contributed by atoms with Gasteiger partial charge in [0.2, 0.25) is 10.0 Å². The van der Waals surface area contributed by atoms with Gasteiger partial charge in [0, 0.05) is 23.3 Å². The topological polar surface area (TPSA) is 74.0 Å². The summed E-state index contributed by atoms with van der Waals surface area (Å²) in [4.78, 5) is 3.10. The number of hydrogen-bond donors (Lipinski definition) is 3. The van der Waals surface area contributed by atoms with E-state index in [4.69, 9.17) is 0 Å². The van der Waals surface area contributed by atoms with Crippen LogP contribution in [0.15, 0.2) is 42.6 Å². The Balaban J connectivity index is 1.95. The summed E-state index contributed by atoms with van der Waals surface area (Å²) >= 11 is 0. The van der Waals surface area contributed by atoms with Crippen LogP contribution in [0.4, 0.5) is 11.4 Å². The highest BCUT2D eigenvalue weighted by molar-refractivity contribution is 7.92. The summed E-state index contributed by atoms with van der Waals surface area (Å²) in [6.45, 7) is 0.700. The Bertz CT molecular complexity index is 589. The number of rotatable bonds is 5. The van der Waals surface area contributed by atoms with Crippen molar-refractivity contribution in [2.24, 2.45) is 0 Å². The van der Waals surface area contributed by atoms with Crippen LogP contribution in [0.25, 0.3) is 0 Å². The first-order chi connectivity index (χ1) is 8.53. The molecule has 0 fully saturated rings. The maximum absolute atomic E-state index is 11.0.